The van der Waals surface area contributed by atoms with Crippen molar-refractivity contribution in [3.63, 3.8) is 0 Å². The lowest BCUT2D eigenvalue weighted by Gasteiger charge is -2.12. The number of anilines is 1. The molecule has 0 aliphatic heterocycles. The number of nitrogens with zero attached hydrogens (tertiary/aromatic N) is 2. The summed E-state index contributed by atoms with van der Waals surface area (Å²) in [4.78, 5) is 15.6. The van der Waals surface area contributed by atoms with E-state index in [4.69, 9.17) is 5.73 Å². The summed E-state index contributed by atoms with van der Waals surface area (Å²) >= 11 is 0. The van der Waals surface area contributed by atoms with E-state index in [9.17, 15) is 4.79 Å². The Kier molecular flexibility index (Phi) is 3.36. The Morgan fingerprint density at radius 1 is 1.53 bits per heavy atom. The van der Waals surface area contributed by atoms with Crippen molar-refractivity contribution in [2.45, 2.75) is 39.2 Å². The number of rotatable bonds is 3. The van der Waals surface area contributed by atoms with Gasteiger partial charge in [-0.3, -0.25) is 0 Å². The van der Waals surface area contributed by atoms with Crippen LogP contribution >= 0.6 is 0 Å². The summed E-state index contributed by atoms with van der Waals surface area (Å²) in [7, 11) is 1.34. The van der Waals surface area contributed by atoms with Crippen LogP contribution in [0.25, 0.3) is 0 Å². The van der Waals surface area contributed by atoms with Crippen molar-refractivity contribution >= 4 is 11.8 Å². The molecule has 0 amide bonds. The van der Waals surface area contributed by atoms with Crippen LogP contribution in [0.5, 0.6) is 0 Å². The molecule has 1 fully saturated rings. The van der Waals surface area contributed by atoms with Gasteiger partial charge in [-0.25, -0.2) is 9.78 Å². The zero-order chi connectivity index (χ0) is 12.4. The largest absolute Gasteiger partial charge is 0.464 e. The van der Waals surface area contributed by atoms with Crippen molar-refractivity contribution in [3.05, 3.63) is 11.5 Å². The SMILES string of the molecule is COC(=O)c1nc(C)n(CC2CCCC2)c1N. The molecule has 0 unspecified atom stereocenters. The monoisotopic (exact) mass is 237 g/mol. The van der Waals surface area contributed by atoms with E-state index in [0.29, 0.717) is 11.7 Å². The fourth-order valence-corrected chi connectivity index (χ4v) is 2.51. The summed E-state index contributed by atoms with van der Waals surface area (Å²) in [6, 6.07) is 0. The molecule has 0 spiro atoms. The van der Waals surface area contributed by atoms with Crippen LogP contribution in [0.2, 0.25) is 0 Å². The third-order valence-electron chi connectivity index (χ3n) is 3.49. The molecule has 1 saturated carbocycles. The Hall–Kier alpha value is -1.52. The first-order valence-electron chi connectivity index (χ1n) is 6.04. The van der Waals surface area contributed by atoms with Crippen LogP contribution in [-0.4, -0.2) is 22.6 Å². The third kappa shape index (κ3) is 2.28. The van der Waals surface area contributed by atoms with Gasteiger partial charge in [0.05, 0.1) is 7.11 Å². The molecule has 5 nitrogen and oxygen atoms in total. The molecule has 1 aromatic rings. The van der Waals surface area contributed by atoms with Crippen LogP contribution in [0, 0.1) is 12.8 Å². The molecule has 17 heavy (non-hydrogen) atoms. The second-order valence-electron chi connectivity index (χ2n) is 4.65. The van der Waals surface area contributed by atoms with Crippen molar-refractivity contribution in [2.75, 3.05) is 12.8 Å². The molecular weight excluding hydrogens is 218 g/mol. The van der Waals surface area contributed by atoms with Gasteiger partial charge in [0.1, 0.15) is 11.6 Å². The molecule has 0 bridgehead atoms. The highest BCUT2D eigenvalue weighted by atomic mass is 16.5. The average Bonchev–Trinajstić information content (AvgIpc) is 2.91. The predicted octanol–water partition coefficient (Wildman–Crippen LogP) is 1.75. The summed E-state index contributed by atoms with van der Waals surface area (Å²) in [6.07, 6.45) is 5.07. The summed E-state index contributed by atoms with van der Waals surface area (Å²) in [6.45, 7) is 2.74. The number of carbonyl (C=O) groups is 1. The lowest BCUT2D eigenvalue weighted by molar-refractivity contribution is 0.0595. The molecule has 0 atom stereocenters. The quantitative estimate of drug-likeness (QED) is 0.813. The first kappa shape index (κ1) is 12.0. The molecular formula is C12H19N3O2. The van der Waals surface area contributed by atoms with Crippen LogP contribution in [0.4, 0.5) is 5.82 Å². The van der Waals surface area contributed by atoms with Gasteiger partial charge in [0.2, 0.25) is 0 Å². The molecule has 2 N–H and O–H groups in total. The zero-order valence-electron chi connectivity index (χ0n) is 10.4. The van der Waals surface area contributed by atoms with Crippen molar-refractivity contribution < 1.29 is 9.53 Å². The number of hydrogen-bond acceptors (Lipinski definition) is 4. The number of methoxy groups -OCH3 is 1. The van der Waals surface area contributed by atoms with Crippen LogP contribution < -0.4 is 5.73 Å². The number of imidazole rings is 1. The normalized spacial score (nSPS) is 16.4. The van der Waals surface area contributed by atoms with Crippen molar-refractivity contribution in [1.29, 1.82) is 0 Å². The molecule has 1 aliphatic rings. The number of nitrogen functional groups attached to an aromatic ring is 1. The van der Waals surface area contributed by atoms with E-state index >= 15 is 0 Å². The average molecular weight is 237 g/mol. The van der Waals surface area contributed by atoms with Gasteiger partial charge in [-0.2, -0.15) is 0 Å². The molecule has 2 rings (SSSR count). The molecule has 0 radical (unpaired) electrons. The second-order valence-corrected chi connectivity index (χ2v) is 4.65. The van der Waals surface area contributed by atoms with E-state index in [-0.39, 0.29) is 5.69 Å². The Balaban J connectivity index is 2.21. The van der Waals surface area contributed by atoms with Gasteiger partial charge in [-0.15, -0.1) is 0 Å². The zero-order valence-corrected chi connectivity index (χ0v) is 10.4. The van der Waals surface area contributed by atoms with Gasteiger partial charge >= 0.3 is 5.97 Å². The van der Waals surface area contributed by atoms with E-state index in [0.717, 1.165) is 12.4 Å². The van der Waals surface area contributed by atoms with Crippen LogP contribution in [0.15, 0.2) is 0 Å². The highest BCUT2D eigenvalue weighted by Crippen LogP contribution is 2.28. The van der Waals surface area contributed by atoms with Crippen LogP contribution in [0.1, 0.15) is 42.0 Å². The number of ether oxygens (including phenoxy) is 1. The molecule has 94 valence electrons. The molecule has 1 heterocycles. The van der Waals surface area contributed by atoms with Crippen molar-refractivity contribution in [2.24, 2.45) is 5.92 Å². The fourth-order valence-electron chi connectivity index (χ4n) is 2.51. The number of aryl methyl sites for hydroxylation is 1. The number of carbonyl (C=O) groups excluding carboxylic acids is 1. The first-order valence-corrected chi connectivity index (χ1v) is 6.04. The van der Waals surface area contributed by atoms with E-state index < -0.39 is 5.97 Å². The highest BCUT2D eigenvalue weighted by molar-refractivity contribution is 5.92. The Morgan fingerprint density at radius 2 is 2.18 bits per heavy atom. The van der Waals surface area contributed by atoms with E-state index in [1.807, 2.05) is 11.5 Å². The maximum Gasteiger partial charge on any atom is 0.360 e. The third-order valence-corrected chi connectivity index (χ3v) is 3.49. The van der Waals surface area contributed by atoms with Gasteiger partial charge in [0, 0.05) is 6.54 Å². The molecule has 0 aromatic carbocycles. The molecule has 1 aliphatic carbocycles. The summed E-state index contributed by atoms with van der Waals surface area (Å²) in [5, 5.41) is 0. The van der Waals surface area contributed by atoms with Gasteiger partial charge in [-0.1, -0.05) is 12.8 Å². The topological polar surface area (TPSA) is 70.1 Å². The Bertz CT molecular complexity index is 420. The lowest BCUT2D eigenvalue weighted by atomic mass is 10.1. The molecule has 0 saturated heterocycles. The standard InChI is InChI=1S/C12H19N3O2/c1-8-14-10(12(16)17-2)11(13)15(8)7-9-5-3-4-6-9/h9H,3-7,13H2,1-2H3. The second kappa shape index (κ2) is 4.77. The van der Waals surface area contributed by atoms with Gasteiger partial charge in [-0.05, 0) is 25.7 Å². The molecule has 5 heteroatoms. The summed E-state index contributed by atoms with van der Waals surface area (Å²) < 4.78 is 6.59. The van der Waals surface area contributed by atoms with Gasteiger partial charge in [0.15, 0.2) is 5.69 Å². The van der Waals surface area contributed by atoms with Gasteiger partial charge < -0.3 is 15.0 Å². The number of nitrogens with two attached hydrogens (primary N) is 1. The number of hydrogen-bond donors (Lipinski definition) is 1. The fraction of sp³-hybridized carbons (Fsp3) is 0.667. The summed E-state index contributed by atoms with van der Waals surface area (Å²) in [5.41, 5.74) is 6.20. The van der Waals surface area contributed by atoms with E-state index in [2.05, 4.69) is 9.72 Å². The minimum atomic E-state index is -0.462. The maximum atomic E-state index is 11.5. The summed E-state index contributed by atoms with van der Waals surface area (Å²) in [5.74, 6) is 1.42. The van der Waals surface area contributed by atoms with E-state index in [1.54, 1.807) is 0 Å². The van der Waals surface area contributed by atoms with E-state index in [1.165, 1.54) is 32.8 Å². The minimum absolute atomic E-state index is 0.239. The van der Waals surface area contributed by atoms with Crippen molar-refractivity contribution in [3.8, 4) is 0 Å². The minimum Gasteiger partial charge on any atom is -0.464 e. The number of esters is 1. The number of aromatic nitrogens is 2. The Labute approximate surface area is 101 Å². The predicted molar refractivity (Wildman–Crippen MR) is 64.7 cm³/mol. The van der Waals surface area contributed by atoms with Crippen LogP contribution in [0.3, 0.4) is 0 Å². The van der Waals surface area contributed by atoms with Crippen molar-refractivity contribution in [1.82, 2.24) is 9.55 Å². The Morgan fingerprint density at radius 3 is 2.76 bits per heavy atom. The van der Waals surface area contributed by atoms with Gasteiger partial charge in [0.25, 0.3) is 0 Å². The first-order chi connectivity index (χ1) is 8.13. The highest BCUT2D eigenvalue weighted by Gasteiger charge is 2.22. The smallest absolute Gasteiger partial charge is 0.360 e. The molecule has 1 aromatic heterocycles. The lowest BCUT2D eigenvalue weighted by Crippen LogP contribution is -2.13. The van der Waals surface area contributed by atoms with Crippen LogP contribution in [-0.2, 0) is 11.3 Å². The maximum absolute atomic E-state index is 11.5.